The fourth-order valence-electron chi connectivity index (χ4n) is 7.73. The minimum Gasteiger partial charge on any atom is -0.0933 e. The summed E-state index contributed by atoms with van der Waals surface area (Å²) >= 11 is 5.95. The number of allylic oxidation sites excluding steroid dienone is 1. The first-order valence-corrected chi connectivity index (χ1v) is 10.4. The first-order valence-electron chi connectivity index (χ1n) is 9.95. The molecule has 124 valence electrons. The first kappa shape index (κ1) is 15.6. The van der Waals surface area contributed by atoms with Gasteiger partial charge in [0.25, 0.3) is 0 Å². The predicted octanol–water partition coefficient (Wildman–Crippen LogP) is 6.93. The first-order chi connectivity index (χ1) is 10.7. The second kappa shape index (κ2) is 5.83. The highest BCUT2D eigenvalue weighted by Crippen LogP contribution is 2.67. The van der Waals surface area contributed by atoms with Crippen LogP contribution >= 0.6 is 11.6 Å². The summed E-state index contributed by atoms with van der Waals surface area (Å²) in [5.74, 6) is 4.10. The van der Waals surface area contributed by atoms with Gasteiger partial charge in [-0.15, -0.1) is 0 Å². The molecule has 6 atom stereocenters. The molecule has 0 aromatic carbocycles. The van der Waals surface area contributed by atoms with E-state index in [1.54, 1.807) is 12.0 Å². The molecule has 0 aromatic heterocycles. The van der Waals surface area contributed by atoms with Crippen molar-refractivity contribution in [2.45, 2.75) is 84.0 Å². The van der Waals surface area contributed by atoms with Crippen LogP contribution in [0.3, 0.4) is 0 Å². The smallest absolute Gasteiger partial charge is 0.000266 e. The zero-order valence-electron chi connectivity index (χ0n) is 14.3. The summed E-state index contributed by atoms with van der Waals surface area (Å²) in [6.07, 6.45) is 20.1. The van der Waals surface area contributed by atoms with Crippen molar-refractivity contribution in [2.75, 3.05) is 0 Å². The van der Waals surface area contributed by atoms with Crippen LogP contribution < -0.4 is 0 Å². The maximum absolute atomic E-state index is 5.95. The van der Waals surface area contributed by atoms with Crippen LogP contribution in [0.5, 0.6) is 0 Å². The van der Waals surface area contributed by atoms with Crippen molar-refractivity contribution in [1.82, 2.24) is 0 Å². The second-order valence-corrected chi connectivity index (χ2v) is 9.53. The summed E-state index contributed by atoms with van der Waals surface area (Å²) in [5.41, 5.74) is 3.12. The lowest BCUT2D eigenvalue weighted by molar-refractivity contribution is -0.111. The molecule has 4 saturated carbocycles. The fourth-order valence-corrected chi connectivity index (χ4v) is 7.82. The molecule has 1 heteroatoms. The molecule has 0 aromatic rings. The van der Waals surface area contributed by atoms with E-state index < -0.39 is 0 Å². The summed E-state index contributed by atoms with van der Waals surface area (Å²) < 4.78 is 0. The van der Waals surface area contributed by atoms with Gasteiger partial charge in [0, 0.05) is 5.54 Å². The number of hydrogen-bond acceptors (Lipinski definition) is 0. The van der Waals surface area contributed by atoms with Gasteiger partial charge in [-0.3, -0.25) is 0 Å². The van der Waals surface area contributed by atoms with Crippen LogP contribution in [-0.2, 0) is 0 Å². The quantitative estimate of drug-likeness (QED) is 0.517. The molecule has 0 unspecified atom stereocenters. The molecule has 0 spiro atoms. The van der Waals surface area contributed by atoms with Crippen LogP contribution in [-0.4, -0.2) is 0 Å². The minimum absolute atomic E-state index is 0.622. The molecule has 0 aliphatic heterocycles. The Morgan fingerprint density at radius 3 is 2.68 bits per heavy atom. The van der Waals surface area contributed by atoms with Crippen molar-refractivity contribution in [3.63, 3.8) is 0 Å². The number of rotatable bonds is 2. The molecule has 0 nitrogen and oxygen atoms in total. The number of hydrogen-bond donors (Lipinski definition) is 0. The zero-order valence-corrected chi connectivity index (χ0v) is 15.1. The van der Waals surface area contributed by atoms with Gasteiger partial charge in [0.2, 0.25) is 0 Å². The Morgan fingerprint density at radius 2 is 1.82 bits per heavy atom. The third kappa shape index (κ3) is 2.23. The lowest BCUT2D eigenvalue weighted by Gasteiger charge is -2.61. The van der Waals surface area contributed by atoms with Crippen LogP contribution in [0, 0.1) is 34.5 Å². The van der Waals surface area contributed by atoms with Crippen molar-refractivity contribution in [2.24, 2.45) is 34.5 Å². The standard InChI is InChI=1S/C21H33Cl/c1-20-11-4-7-18(20)17-9-8-16-6-2-3-12-21(16,13-5-15-22)19(17)10-14-20/h5,15-19H,2-4,6-14H2,1H3/t16-,17+,18+,19+,20+,21-/m1/s1. The molecule has 0 saturated heterocycles. The zero-order chi connectivity index (χ0) is 15.2. The van der Waals surface area contributed by atoms with Crippen LogP contribution in [0.4, 0.5) is 0 Å². The van der Waals surface area contributed by atoms with Gasteiger partial charge in [-0.25, -0.2) is 0 Å². The van der Waals surface area contributed by atoms with E-state index in [1.807, 2.05) is 0 Å². The Labute approximate surface area is 142 Å². The van der Waals surface area contributed by atoms with Crippen LogP contribution in [0.2, 0.25) is 0 Å². The molecule has 0 amide bonds. The van der Waals surface area contributed by atoms with E-state index in [0.717, 1.165) is 23.7 Å². The van der Waals surface area contributed by atoms with E-state index in [9.17, 15) is 0 Å². The topological polar surface area (TPSA) is 0 Å². The second-order valence-electron chi connectivity index (χ2n) is 9.28. The summed E-state index contributed by atoms with van der Waals surface area (Å²) in [5, 5.41) is 0. The van der Waals surface area contributed by atoms with Crippen LogP contribution in [0.25, 0.3) is 0 Å². The van der Waals surface area contributed by atoms with Crippen molar-refractivity contribution >= 4 is 11.6 Å². The molecule has 4 rings (SSSR count). The molecular formula is C21H33Cl. The maximum Gasteiger partial charge on any atom is 0.000266 e. The summed E-state index contributed by atoms with van der Waals surface area (Å²) in [7, 11) is 0. The number of halogens is 1. The molecule has 0 heterocycles. The highest BCUT2D eigenvalue weighted by atomic mass is 35.5. The Balaban J connectivity index is 1.66. The van der Waals surface area contributed by atoms with Crippen molar-refractivity contribution < 1.29 is 0 Å². The predicted molar refractivity (Wildman–Crippen MR) is 94.9 cm³/mol. The Hall–Kier alpha value is 0.0300. The van der Waals surface area contributed by atoms with Gasteiger partial charge in [0.05, 0.1) is 0 Å². The van der Waals surface area contributed by atoms with E-state index in [-0.39, 0.29) is 0 Å². The largest absolute Gasteiger partial charge is 0.0933 e. The van der Waals surface area contributed by atoms with E-state index in [4.69, 9.17) is 11.6 Å². The normalized spacial score (nSPS) is 51.4. The highest BCUT2D eigenvalue weighted by Gasteiger charge is 2.58. The fraction of sp³-hybridized carbons (Fsp3) is 0.905. The lowest BCUT2D eigenvalue weighted by Crippen LogP contribution is -2.53. The monoisotopic (exact) mass is 320 g/mol. The molecule has 4 aliphatic carbocycles. The van der Waals surface area contributed by atoms with Crippen LogP contribution in [0.15, 0.2) is 11.6 Å². The molecule has 22 heavy (non-hydrogen) atoms. The van der Waals surface area contributed by atoms with Gasteiger partial charge in [-0.2, -0.15) is 0 Å². The van der Waals surface area contributed by atoms with E-state index in [0.29, 0.717) is 10.8 Å². The maximum atomic E-state index is 5.95. The molecule has 0 radical (unpaired) electrons. The molecular weight excluding hydrogens is 288 g/mol. The third-order valence-electron chi connectivity index (χ3n) is 8.65. The average Bonchev–Trinajstić information content (AvgIpc) is 2.94. The summed E-state index contributed by atoms with van der Waals surface area (Å²) in [4.78, 5) is 0. The van der Waals surface area contributed by atoms with Gasteiger partial charge in [-0.05, 0) is 92.3 Å². The highest BCUT2D eigenvalue weighted by molar-refractivity contribution is 6.25. The van der Waals surface area contributed by atoms with E-state index in [1.165, 1.54) is 70.6 Å². The molecule has 0 bridgehead atoms. The molecule has 0 N–H and O–H groups in total. The molecule has 4 fully saturated rings. The van der Waals surface area contributed by atoms with Crippen molar-refractivity contribution in [1.29, 1.82) is 0 Å². The average molecular weight is 321 g/mol. The van der Waals surface area contributed by atoms with E-state index in [2.05, 4.69) is 13.0 Å². The van der Waals surface area contributed by atoms with Gasteiger partial charge in [-0.1, -0.05) is 43.9 Å². The summed E-state index contributed by atoms with van der Waals surface area (Å²) in [6.45, 7) is 2.62. The van der Waals surface area contributed by atoms with Gasteiger partial charge < -0.3 is 0 Å². The molecule has 4 aliphatic rings. The SMILES string of the molecule is C[C@@]12CCC[C@H]1[C@@H]1CC[C@H]3CCCC[C@]3(CC=CCl)[C@H]1CC2. The Kier molecular flexibility index (Phi) is 4.12. The van der Waals surface area contributed by atoms with Gasteiger partial charge >= 0.3 is 0 Å². The van der Waals surface area contributed by atoms with Crippen LogP contribution in [0.1, 0.15) is 84.0 Å². The minimum atomic E-state index is 0.622. The number of fused-ring (bicyclic) bond motifs is 5. The third-order valence-corrected chi connectivity index (χ3v) is 8.83. The lowest BCUT2D eigenvalue weighted by atomic mass is 9.44. The Morgan fingerprint density at radius 1 is 0.909 bits per heavy atom. The van der Waals surface area contributed by atoms with Crippen molar-refractivity contribution in [3.05, 3.63) is 11.6 Å². The van der Waals surface area contributed by atoms with Crippen molar-refractivity contribution in [3.8, 4) is 0 Å². The van der Waals surface area contributed by atoms with E-state index >= 15 is 0 Å². The van der Waals surface area contributed by atoms with Gasteiger partial charge in [0.1, 0.15) is 0 Å². The van der Waals surface area contributed by atoms with Gasteiger partial charge in [0.15, 0.2) is 0 Å². The summed E-state index contributed by atoms with van der Waals surface area (Å²) in [6, 6.07) is 0. The Bertz CT molecular complexity index is 441.